The molecule has 102 valence electrons. The van der Waals surface area contributed by atoms with Crippen LogP contribution in [0.25, 0.3) is 11.0 Å². The van der Waals surface area contributed by atoms with Gasteiger partial charge in [-0.2, -0.15) is 0 Å². The highest BCUT2D eigenvalue weighted by Gasteiger charge is 2.07. The third-order valence-corrected chi connectivity index (χ3v) is 2.94. The molecule has 7 nitrogen and oxygen atoms in total. The van der Waals surface area contributed by atoms with E-state index in [2.05, 4.69) is 20.3 Å². The van der Waals surface area contributed by atoms with Crippen LogP contribution in [0.4, 0.5) is 0 Å². The van der Waals surface area contributed by atoms with Gasteiger partial charge in [-0.15, -0.1) is 5.10 Å². The molecule has 0 atom stereocenters. The van der Waals surface area contributed by atoms with Crippen LogP contribution < -0.4 is 5.56 Å². The average molecular weight is 271 g/mol. The van der Waals surface area contributed by atoms with Gasteiger partial charge in [-0.25, -0.2) is 9.67 Å². The average Bonchev–Trinajstić information content (AvgIpc) is 2.87. The van der Waals surface area contributed by atoms with E-state index in [9.17, 15) is 4.79 Å². The number of benzene rings is 1. The molecule has 2 N–H and O–H groups in total. The highest BCUT2D eigenvalue weighted by Crippen LogP contribution is 2.06. The molecule has 0 amide bonds. The lowest BCUT2D eigenvalue weighted by atomic mass is 10.3. The molecule has 1 aromatic carbocycles. The number of H-pyrrole nitrogens is 1. The number of hydrogen-bond acceptors (Lipinski definition) is 5. The van der Waals surface area contributed by atoms with Crippen molar-refractivity contribution >= 4 is 11.0 Å². The number of hydrogen-bond donors (Lipinski definition) is 2. The lowest BCUT2D eigenvalue weighted by Crippen LogP contribution is -2.18. The molecule has 0 fully saturated rings. The molecule has 0 saturated carbocycles. The minimum Gasteiger partial charge on any atom is -0.396 e. The van der Waals surface area contributed by atoms with Crippen LogP contribution in [-0.4, -0.2) is 36.7 Å². The molecule has 0 aliphatic rings. The van der Waals surface area contributed by atoms with Gasteiger partial charge in [0.05, 0.1) is 23.3 Å². The topological polar surface area (TPSA) is 96.7 Å². The Morgan fingerprint density at radius 2 is 2.15 bits per heavy atom. The molecule has 0 bridgehead atoms. The first-order valence-corrected chi connectivity index (χ1v) is 6.24. The maximum absolute atomic E-state index is 12.0. The van der Waals surface area contributed by atoms with Crippen molar-refractivity contribution in [2.24, 2.45) is 0 Å². The van der Waals surface area contributed by atoms with E-state index in [-0.39, 0.29) is 18.7 Å². The van der Waals surface area contributed by atoms with Gasteiger partial charge in [-0.3, -0.25) is 4.79 Å². The molecule has 7 heteroatoms. The number of nitrogens with one attached hydrogen (secondary N) is 1. The van der Waals surface area contributed by atoms with E-state index in [1.807, 2.05) is 24.3 Å². The minimum absolute atomic E-state index is 0.0213. The fourth-order valence-electron chi connectivity index (χ4n) is 1.97. The number of aliphatic hydroxyl groups excluding tert-OH is 1. The second-order valence-corrected chi connectivity index (χ2v) is 4.41. The largest absolute Gasteiger partial charge is 0.396 e. The predicted molar refractivity (Wildman–Crippen MR) is 72.3 cm³/mol. The molecule has 0 saturated heterocycles. The third kappa shape index (κ3) is 2.43. The Balaban J connectivity index is 1.93. The highest BCUT2D eigenvalue weighted by atomic mass is 16.3. The van der Waals surface area contributed by atoms with Crippen molar-refractivity contribution in [2.45, 2.75) is 13.0 Å². The molecular weight excluding hydrogens is 258 g/mol. The Hall–Kier alpha value is -2.54. The monoisotopic (exact) mass is 271 g/mol. The van der Waals surface area contributed by atoms with E-state index in [0.717, 1.165) is 5.52 Å². The van der Waals surface area contributed by atoms with Crippen LogP contribution in [0.1, 0.15) is 11.4 Å². The summed E-state index contributed by atoms with van der Waals surface area (Å²) in [5, 5.41) is 16.7. The fourth-order valence-corrected chi connectivity index (χ4v) is 1.97. The Kier molecular flexibility index (Phi) is 3.26. The maximum Gasteiger partial charge on any atom is 0.272 e. The minimum atomic E-state index is -0.233. The van der Waals surface area contributed by atoms with Crippen molar-refractivity contribution < 1.29 is 5.11 Å². The number of fused-ring (bicyclic) bond motifs is 1. The lowest BCUT2D eigenvalue weighted by molar-refractivity contribution is 0.298. The number of aliphatic hydroxyl groups is 1. The van der Waals surface area contributed by atoms with Crippen LogP contribution in [0.3, 0.4) is 0 Å². The molecule has 0 spiro atoms. The second-order valence-electron chi connectivity index (χ2n) is 4.41. The molecule has 3 rings (SSSR count). The number of para-hydroxylation sites is 2. The van der Waals surface area contributed by atoms with Crippen molar-refractivity contribution in [1.82, 2.24) is 25.0 Å². The van der Waals surface area contributed by atoms with Gasteiger partial charge >= 0.3 is 0 Å². The van der Waals surface area contributed by atoms with Crippen LogP contribution in [0.5, 0.6) is 0 Å². The van der Waals surface area contributed by atoms with E-state index in [4.69, 9.17) is 5.11 Å². The lowest BCUT2D eigenvalue weighted by Gasteiger charge is -2.02. The first-order valence-electron chi connectivity index (χ1n) is 6.24. The van der Waals surface area contributed by atoms with E-state index < -0.39 is 0 Å². The number of aromatic amines is 1. The van der Waals surface area contributed by atoms with Crippen molar-refractivity contribution in [2.75, 3.05) is 6.61 Å². The van der Waals surface area contributed by atoms with Gasteiger partial charge in [-0.05, 0) is 12.1 Å². The van der Waals surface area contributed by atoms with Crippen LogP contribution in [-0.2, 0) is 13.0 Å². The fraction of sp³-hybridized carbons (Fsp3) is 0.231. The Labute approximate surface area is 113 Å². The predicted octanol–water partition coefficient (Wildman–Crippen LogP) is 0.0977. The van der Waals surface area contributed by atoms with E-state index in [0.29, 0.717) is 23.3 Å². The number of rotatable bonds is 4. The summed E-state index contributed by atoms with van der Waals surface area (Å²) in [5.74, 6) is 0. The second kappa shape index (κ2) is 5.22. The first kappa shape index (κ1) is 12.5. The summed E-state index contributed by atoms with van der Waals surface area (Å²) in [6.45, 7) is 0.270. The van der Waals surface area contributed by atoms with Gasteiger partial charge in [0, 0.05) is 19.2 Å². The van der Waals surface area contributed by atoms with Crippen LogP contribution in [0.15, 0.2) is 35.3 Å². The Bertz CT molecular complexity index is 793. The summed E-state index contributed by atoms with van der Waals surface area (Å²) < 4.78 is 1.54. The third-order valence-electron chi connectivity index (χ3n) is 2.94. The summed E-state index contributed by atoms with van der Waals surface area (Å²) in [6, 6.07) is 7.36. The van der Waals surface area contributed by atoms with E-state index in [1.165, 1.54) is 4.68 Å². The normalized spacial score (nSPS) is 11.1. The standard InChI is InChI=1S/C13H13N5O2/c19-6-5-9-7-18(17-16-9)8-12-13(20)15-11-4-2-1-3-10(11)14-12/h1-4,7,19H,5-6,8H2,(H,15,20). The number of aromatic nitrogens is 5. The van der Waals surface area contributed by atoms with Crippen LogP contribution >= 0.6 is 0 Å². The van der Waals surface area contributed by atoms with Crippen molar-refractivity contribution in [3.63, 3.8) is 0 Å². The van der Waals surface area contributed by atoms with Gasteiger partial charge in [0.2, 0.25) is 0 Å². The van der Waals surface area contributed by atoms with Gasteiger partial charge in [0.25, 0.3) is 5.56 Å². The van der Waals surface area contributed by atoms with Gasteiger partial charge < -0.3 is 10.1 Å². The highest BCUT2D eigenvalue weighted by molar-refractivity contribution is 5.73. The zero-order chi connectivity index (χ0) is 13.9. The van der Waals surface area contributed by atoms with Gasteiger partial charge in [0.15, 0.2) is 0 Å². The van der Waals surface area contributed by atoms with Crippen molar-refractivity contribution in [1.29, 1.82) is 0 Å². The number of nitrogens with zero attached hydrogens (tertiary/aromatic N) is 4. The SMILES string of the molecule is O=c1[nH]c2ccccc2nc1Cn1cc(CCO)nn1. The molecule has 0 aliphatic heterocycles. The molecule has 0 aliphatic carbocycles. The maximum atomic E-state index is 12.0. The van der Waals surface area contributed by atoms with Crippen molar-refractivity contribution in [3.8, 4) is 0 Å². The smallest absolute Gasteiger partial charge is 0.272 e. The van der Waals surface area contributed by atoms with Crippen LogP contribution in [0.2, 0.25) is 0 Å². The van der Waals surface area contributed by atoms with E-state index in [1.54, 1.807) is 6.20 Å². The molecule has 2 aromatic heterocycles. The molecule has 20 heavy (non-hydrogen) atoms. The summed E-state index contributed by atoms with van der Waals surface area (Å²) in [7, 11) is 0. The van der Waals surface area contributed by atoms with Crippen LogP contribution in [0, 0.1) is 0 Å². The quantitative estimate of drug-likeness (QED) is 0.701. The summed E-state index contributed by atoms with van der Waals surface area (Å²) >= 11 is 0. The molecule has 0 radical (unpaired) electrons. The summed E-state index contributed by atoms with van der Waals surface area (Å²) in [5.41, 5.74) is 2.27. The Morgan fingerprint density at radius 1 is 1.30 bits per heavy atom. The zero-order valence-electron chi connectivity index (χ0n) is 10.7. The first-order chi connectivity index (χ1) is 9.76. The molecule has 2 heterocycles. The van der Waals surface area contributed by atoms with E-state index >= 15 is 0 Å². The van der Waals surface area contributed by atoms with Gasteiger partial charge in [-0.1, -0.05) is 17.3 Å². The molecule has 0 unspecified atom stereocenters. The molecule has 3 aromatic rings. The summed E-state index contributed by atoms with van der Waals surface area (Å²) in [6.07, 6.45) is 2.15. The van der Waals surface area contributed by atoms with Gasteiger partial charge in [0.1, 0.15) is 5.69 Å². The Morgan fingerprint density at radius 3 is 3.00 bits per heavy atom. The summed E-state index contributed by atoms with van der Waals surface area (Å²) in [4.78, 5) is 19.1. The van der Waals surface area contributed by atoms with Crippen molar-refractivity contribution in [3.05, 3.63) is 52.2 Å². The molecular formula is C13H13N5O2. The zero-order valence-corrected chi connectivity index (χ0v) is 10.7.